The van der Waals surface area contributed by atoms with Crippen LogP contribution in [0.5, 0.6) is 0 Å². The molecule has 0 fully saturated rings. The number of aromatic nitrogens is 2. The van der Waals surface area contributed by atoms with Crippen LogP contribution in [0.2, 0.25) is 0 Å². The molecule has 4 nitrogen and oxygen atoms in total. The molecule has 3 heterocycles. The first-order valence-electron chi connectivity index (χ1n) is 10.6. The predicted octanol–water partition coefficient (Wildman–Crippen LogP) is 6.49. The summed E-state index contributed by atoms with van der Waals surface area (Å²) in [5, 5.41) is 14.4. The molecule has 0 saturated heterocycles. The van der Waals surface area contributed by atoms with Crippen molar-refractivity contribution in [3.8, 4) is 11.1 Å². The number of hydrogen-bond donors (Lipinski definition) is 2. The second kappa shape index (κ2) is 6.66. The van der Waals surface area contributed by atoms with Crippen LogP contribution in [0.3, 0.4) is 0 Å². The highest BCUT2D eigenvalue weighted by Crippen LogP contribution is 2.51. The summed E-state index contributed by atoms with van der Waals surface area (Å²) in [6.07, 6.45) is 3.31. The van der Waals surface area contributed by atoms with Gasteiger partial charge < -0.3 is 5.32 Å². The maximum Gasteiger partial charge on any atom is 0.162 e. The third-order valence-electron chi connectivity index (χ3n) is 6.45. The Hall–Kier alpha value is -3.18. The van der Waals surface area contributed by atoms with E-state index >= 15 is 0 Å². The quantitative estimate of drug-likeness (QED) is 0.386. The van der Waals surface area contributed by atoms with Gasteiger partial charge in [0.15, 0.2) is 5.78 Å². The molecule has 2 N–H and O–H groups in total. The van der Waals surface area contributed by atoms with Gasteiger partial charge >= 0.3 is 0 Å². The van der Waals surface area contributed by atoms with E-state index in [0.29, 0.717) is 6.42 Å². The molecule has 1 atom stereocenters. The van der Waals surface area contributed by atoms with Crippen molar-refractivity contribution in [1.29, 1.82) is 0 Å². The Kier molecular flexibility index (Phi) is 3.99. The van der Waals surface area contributed by atoms with Gasteiger partial charge in [0.25, 0.3) is 0 Å². The average molecular weight is 426 g/mol. The Morgan fingerprint density at radius 1 is 1.06 bits per heavy atom. The monoisotopic (exact) mass is 425 g/mol. The van der Waals surface area contributed by atoms with Crippen LogP contribution in [0.1, 0.15) is 43.0 Å². The standard InChI is InChI=1S/C26H23N3OS/c1-26(2)11-19-22(20(30)12-26)24(21-10-17(14-31-21)15-6-4-3-5-7-15)23-18(28-19)9-8-16-13-27-29-25(16)23/h3-10,13-14,24,28H,11-12H2,1-2H3,(H,27,29). The summed E-state index contributed by atoms with van der Waals surface area (Å²) in [4.78, 5) is 14.7. The minimum atomic E-state index is -0.0820. The molecule has 4 aromatic rings. The molecule has 1 unspecified atom stereocenters. The Morgan fingerprint density at radius 3 is 2.74 bits per heavy atom. The molecule has 0 bridgehead atoms. The van der Waals surface area contributed by atoms with Crippen LogP contribution in [-0.2, 0) is 4.79 Å². The molecule has 1 aliphatic heterocycles. The van der Waals surface area contributed by atoms with Gasteiger partial charge in [-0.25, -0.2) is 0 Å². The molecular weight excluding hydrogens is 402 g/mol. The fourth-order valence-electron chi connectivity index (χ4n) is 5.10. The minimum Gasteiger partial charge on any atom is -0.358 e. The molecule has 2 aromatic heterocycles. The third-order valence-corrected chi connectivity index (χ3v) is 7.45. The zero-order chi connectivity index (χ0) is 21.2. The van der Waals surface area contributed by atoms with Crippen LogP contribution in [0.15, 0.2) is 71.4 Å². The smallest absolute Gasteiger partial charge is 0.162 e. The van der Waals surface area contributed by atoms with Crippen LogP contribution in [-0.4, -0.2) is 16.0 Å². The minimum absolute atomic E-state index is 0.0340. The van der Waals surface area contributed by atoms with Crippen molar-refractivity contribution in [2.24, 2.45) is 5.41 Å². The molecule has 6 rings (SSSR count). The highest BCUT2D eigenvalue weighted by molar-refractivity contribution is 7.10. The number of carbonyl (C=O) groups is 1. The zero-order valence-electron chi connectivity index (χ0n) is 17.5. The number of fused-ring (bicyclic) bond motifs is 3. The van der Waals surface area contributed by atoms with Crippen molar-refractivity contribution in [3.63, 3.8) is 0 Å². The SMILES string of the molecule is CC1(C)CC(=O)C2=C(C1)Nc1ccc3cn[nH]c3c1C2c1cc(-c2ccccc2)cs1. The van der Waals surface area contributed by atoms with E-state index in [0.717, 1.165) is 39.8 Å². The molecule has 154 valence electrons. The Labute approximate surface area is 185 Å². The molecule has 5 heteroatoms. The van der Waals surface area contributed by atoms with Crippen molar-refractivity contribution < 1.29 is 4.79 Å². The van der Waals surface area contributed by atoms with E-state index in [-0.39, 0.29) is 17.1 Å². The van der Waals surface area contributed by atoms with Crippen molar-refractivity contribution in [2.75, 3.05) is 5.32 Å². The summed E-state index contributed by atoms with van der Waals surface area (Å²) in [5.41, 5.74) is 7.57. The van der Waals surface area contributed by atoms with Crippen molar-refractivity contribution in [3.05, 3.63) is 81.8 Å². The van der Waals surface area contributed by atoms with Crippen molar-refractivity contribution in [1.82, 2.24) is 10.2 Å². The topological polar surface area (TPSA) is 57.8 Å². The number of thiophene rings is 1. The molecule has 2 aliphatic rings. The van der Waals surface area contributed by atoms with E-state index in [1.165, 1.54) is 16.0 Å². The van der Waals surface area contributed by atoms with E-state index in [1.54, 1.807) is 11.3 Å². The highest BCUT2D eigenvalue weighted by Gasteiger charge is 2.42. The van der Waals surface area contributed by atoms with Gasteiger partial charge in [-0.2, -0.15) is 5.10 Å². The fourth-order valence-corrected chi connectivity index (χ4v) is 6.14. The van der Waals surface area contributed by atoms with E-state index in [1.807, 2.05) is 12.3 Å². The maximum atomic E-state index is 13.5. The van der Waals surface area contributed by atoms with Crippen LogP contribution in [0.4, 0.5) is 5.69 Å². The van der Waals surface area contributed by atoms with E-state index in [9.17, 15) is 4.79 Å². The normalized spacial score (nSPS) is 19.8. The molecule has 0 spiro atoms. The first-order valence-corrected chi connectivity index (χ1v) is 11.5. The highest BCUT2D eigenvalue weighted by atomic mass is 32.1. The van der Waals surface area contributed by atoms with Crippen LogP contribution >= 0.6 is 11.3 Å². The number of hydrogen-bond acceptors (Lipinski definition) is 4. The number of aromatic amines is 1. The third kappa shape index (κ3) is 2.95. The number of rotatable bonds is 2. The van der Waals surface area contributed by atoms with Crippen molar-refractivity contribution >= 4 is 33.7 Å². The number of H-pyrrole nitrogens is 1. The predicted molar refractivity (Wildman–Crippen MR) is 126 cm³/mol. The second-order valence-electron chi connectivity index (χ2n) is 9.36. The lowest BCUT2D eigenvalue weighted by atomic mass is 9.69. The number of benzene rings is 2. The Bertz CT molecular complexity index is 1360. The number of nitrogens with zero attached hydrogens (tertiary/aromatic N) is 1. The summed E-state index contributed by atoms with van der Waals surface area (Å²) < 4.78 is 0. The fraction of sp³-hybridized carbons (Fsp3) is 0.231. The van der Waals surface area contributed by atoms with Crippen LogP contribution in [0.25, 0.3) is 22.0 Å². The molecule has 1 aliphatic carbocycles. The van der Waals surface area contributed by atoms with Crippen molar-refractivity contribution in [2.45, 2.75) is 32.6 Å². The lowest BCUT2D eigenvalue weighted by Gasteiger charge is -2.39. The number of carbonyl (C=O) groups excluding carboxylic acids is 1. The zero-order valence-corrected chi connectivity index (χ0v) is 18.3. The van der Waals surface area contributed by atoms with Gasteiger partial charge in [0, 0.05) is 39.2 Å². The van der Waals surface area contributed by atoms with Gasteiger partial charge in [0.1, 0.15) is 0 Å². The van der Waals surface area contributed by atoms with E-state index < -0.39 is 0 Å². The Morgan fingerprint density at radius 2 is 1.90 bits per heavy atom. The number of nitrogens with one attached hydrogen (secondary N) is 2. The lowest BCUT2D eigenvalue weighted by Crippen LogP contribution is -2.33. The van der Waals surface area contributed by atoms with Gasteiger partial charge in [0.05, 0.1) is 17.6 Å². The van der Waals surface area contributed by atoms with Crippen LogP contribution in [0, 0.1) is 5.41 Å². The summed E-state index contributed by atoms with van der Waals surface area (Å²) in [5.74, 6) is 0.169. The number of allylic oxidation sites excluding steroid dienone is 2. The molecule has 2 aromatic carbocycles. The molecular formula is C26H23N3OS. The molecule has 0 radical (unpaired) electrons. The second-order valence-corrected chi connectivity index (χ2v) is 10.3. The molecule has 0 amide bonds. The average Bonchev–Trinajstić information content (AvgIpc) is 3.41. The first kappa shape index (κ1) is 18.6. The lowest BCUT2D eigenvalue weighted by molar-refractivity contribution is -0.118. The van der Waals surface area contributed by atoms with Gasteiger partial charge in [-0.05, 0) is 46.5 Å². The van der Waals surface area contributed by atoms with E-state index in [4.69, 9.17) is 0 Å². The van der Waals surface area contributed by atoms with Crippen LogP contribution < -0.4 is 5.32 Å². The van der Waals surface area contributed by atoms with Gasteiger partial charge in [-0.3, -0.25) is 9.89 Å². The van der Waals surface area contributed by atoms with Gasteiger partial charge in [-0.1, -0.05) is 44.2 Å². The summed E-state index contributed by atoms with van der Waals surface area (Å²) >= 11 is 1.73. The first-order chi connectivity index (χ1) is 15.0. The van der Waals surface area contributed by atoms with E-state index in [2.05, 4.69) is 77.2 Å². The molecule has 31 heavy (non-hydrogen) atoms. The largest absolute Gasteiger partial charge is 0.358 e. The maximum absolute atomic E-state index is 13.5. The summed E-state index contributed by atoms with van der Waals surface area (Å²) in [6, 6.07) is 16.9. The Balaban J connectivity index is 1.58. The van der Waals surface area contributed by atoms with Gasteiger partial charge in [0.2, 0.25) is 0 Å². The molecule has 0 saturated carbocycles. The summed E-state index contributed by atoms with van der Waals surface area (Å²) in [6.45, 7) is 4.36. The van der Waals surface area contributed by atoms with Gasteiger partial charge in [-0.15, -0.1) is 11.3 Å². The number of anilines is 1. The summed E-state index contributed by atoms with van der Waals surface area (Å²) in [7, 11) is 0. The number of ketones is 1. The number of Topliss-reactive ketones (excluding diaryl/α,β-unsaturated/α-hetero) is 1.